The van der Waals surface area contributed by atoms with Crippen LogP contribution in [0.2, 0.25) is 0 Å². The van der Waals surface area contributed by atoms with Crippen LogP contribution in [0.3, 0.4) is 0 Å². The number of hydrogen-bond donors (Lipinski definition) is 1. The summed E-state index contributed by atoms with van der Waals surface area (Å²) in [4.78, 5) is 11.4. The van der Waals surface area contributed by atoms with Gasteiger partial charge in [-0.2, -0.15) is 0 Å². The zero-order chi connectivity index (χ0) is 9.40. The summed E-state index contributed by atoms with van der Waals surface area (Å²) in [6.45, 7) is 7.95. The van der Waals surface area contributed by atoms with Crippen molar-refractivity contribution < 1.29 is 4.79 Å². The first kappa shape index (κ1) is 11.6. The molecule has 1 unspecified atom stereocenters. The number of hydrogen-bond acceptors (Lipinski definition) is 2. The molecule has 0 fully saturated rings. The van der Waals surface area contributed by atoms with Crippen LogP contribution >= 0.6 is 0 Å². The van der Waals surface area contributed by atoms with E-state index in [2.05, 4.69) is 19.2 Å². The van der Waals surface area contributed by atoms with E-state index in [0.29, 0.717) is 5.78 Å². The average molecular weight is 171 g/mol. The van der Waals surface area contributed by atoms with Crippen LogP contribution in [0.1, 0.15) is 40.0 Å². The predicted octanol–water partition coefficient (Wildman–Crippen LogP) is 1.99. The van der Waals surface area contributed by atoms with E-state index < -0.39 is 0 Å². The largest absolute Gasteiger partial charge is 0.316 e. The molecule has 0 amide bonds. The van der Waals surface area contributed by atoms with E-state index in [-0.39, 0.29) is 5.92 Å². The normalized spacial score (nSPS) is 12.9. The first-order valence-electron chi connectivity index (χ1n) is 4.95. The highest BCUT2D eigenvalue weighted by Crippen LogP contribution is 2.03. The molecule has 2 heteroatoms. The van der Waals surface area contributed by atoms with Crippen molar-refractivity contribution in [2.45, 2.75) is 40.0 Å². The summed E-state index contributed by atoms with van der Waals surface area (Å²) in [6, 6.07) is 0. The fraction of sp³-hybridized carbons (Fsp3) is 0.900. The van der Waals surface area contributed by atoms with Crippen molar-refractivity contribution in [3.63, 3.8) is 0 Å². The van der Waals surface area contributed by atoms with Gasteiger partial charge in [-0.1, -0.05) is 27.2 Å². The molecule has 72 valence electrons. The maximum absolute atomic E-state index is 11.4. The van der Waals surface area contributed by atoms with Gasteiger partial charge in [0.15, 0.2) is 0 Å². The Hall–Kier alpha value is -0.370. The second kappa shape index (κ2) is 7.29. The van der Waals surface area contributed by atoms with Gasteiger partial charge in [-0.3, -0.25) is 4.79 Å². The minimum absolute atomic E-state index is 0.191. The van der Waals surface area contributed by atoms with Gasteiger partial charge in [-0.25, -0.2) is 0 Å². The van der Waals surface area contributed by atoms with Crippen molar-refractivity contribution in [3.8, 4) is 0 Å². The van der Waals surface area contributed by atoms with Crippen LogP contribution in [-0.4, -0.2) is 18.9 Å². The first-order valence-corrected chi connectivity index (χ1v) is 4.95. The number of carbonyl (C=O) groups is 1. The fourth-order valence-electron chi connectivity index (χ4n) is 1.07. The first-order chi connectivity index (χ1) is 5.72. The summed E-state index contributed by atoms with van der Waals surface area (Å²) in [6.07, 6.45) is 2.90. The number of nitrogens with one attached hydrogen (secondary N) is 1. The van der Waals surface area contributed by atoms with Crippen LogP contribution in [0, 0.1) is 5.92 Å². The summed E-state index contributed by atoms with van der Waals surface area (Å²) >= 11 is 0. The molecule has 12 heavy (non-hydrogen) atoms. The summed E-state index contributed by atoms with van der Waals surface area (Å²) in [7, 11) is 0. The Labute approximate surface area is 75.7 Å². The van der Waals surface area contributed by atoms with Gasteiger partial charge in [0.25, 0.3) is 0 Å². The lowest BCUT2D eigenvalue weighted by Crippen LogP contribution is -2.26. The number of carbonyl (C=O) groups excluding carboxylic acids is 1. The fourth-order valence-corrected chi connectivity index (χ4v) is 1.07. The molecule has 0 bridgehead atoms. The van der Waals surface area contributed by atoms with Crippen LogP contribution in [0.4, 0.5) is 0 Å². The number of ketones is 1. The molecule has 0 saturated heterocycles. The minimum Gasteiger partial charge on any atom is -0.316 e. The molecule has 0 aromatic carbocycles. The van der Waals surface area contributed by atoms with Gasteiger partial charge < -0.3 is 5.32 Å². The Morgan fingerprint density at radius 1 is 1.42 bits per heavy atom. The number of unbranched alkanes of at least 4 members (excludes halogenated alkanes) is 1. The van der Waals surface area contributed by atoms with E-state index in [4.69, 9.17) is 0 Å². The summed E-state index contributed by atoms with van der Waals surface area (Å²) in [5.41, 5.74) is 0. The molecular weight excluding hydrogens is 150 g/mol. The molecule has 0 aliphatic heterocycles. The lowest BCUT2D eigenvalue weighted by molar-refractivity contribution is -0.122. The topological polar surface area (TPSA) is 29.1 Å². The third-order valence-corrected chi connectivity index (χ3v) is 2.03. The molecule has 0 spiro atoms. The van der Waals surface area contributed by atoms with Gasteiger partial charge in [0.1, 0.15) is 5.78 Å². The molecule has 1 atom stereocenters. The Balaban J connectivity index is 3.47. The van der Waals surface area contributed by atoms with Gasteiger partial charge >= 0.3 is 0 Å². The maximum Gasteiger partial charge on any atom is 0.136 e. The number of Topliss-reactive ketones (excluding diaryl/α,β-unsaturated/α-hetero) is 1. The molecule has 0 aromatic rings. The molecule has 0 radical (unpaired) electrons. The molecule has 0 saturated carbocycles. The Morgan fingerprint density at radius 2 is 2.08 bits per heavy atom. The van der Waals surface area contributed by atoms with Crippen LogP contribution in [0.25, 0.3) is 0 Å². The van der Waals surface area contributed by atoms with E-state index in [9.17, 15) is 4.79 Å². The second-order valence-electron chi connectivity index (χ2n) is 3.28. The molecule has 0 aromatic heterocycles. The zero-order valence-corrected chi connectivity index (χ0v) is 8.52. The average Bonchev–Trinajstić information content (AvgIpc) is 2.10. The zero-order valence-electron chi connectivity index (χ0n) is 8.52. The summed E-state index contributed by atoms with van der Waals surface area (Å²) in [5, 5.41) is 3.18. The molecule has 0 aliphatic carbocycles. The highest BCUT2D eigenvalue weighted by molar-refractivity contribution is 5.80. The van der Waals surface area contributed by atoms with Gasteiger partial charge in [-0.15, -0.1) is 0 Å². The van der Waals surface area contributed by atoms with E-state index in [1.165, 1.54) is 0 Å². The van der Waals surface area contributed by atoms with Gasteiger partial charge in [0.2, 0.25) is 0 Å². The number of rotatable bonds is 7. The lowest BCUT2D eigenvalue weighted by atomic mass is 10.0. The van der Waals surface area contributed by atoms with E-state index in [1.807, 2.05) is 6.92 Å². The van der Waals surface area contributed by atoms with Gasteiger partial charge in [-0.05, 0) is 13.0 Å². The third kappa shape index (κ3) is 5.30. The highest BCUT2D eigenvalue weighted by atomic mass is 16.1. The van der Waals surface area contributed by atoms with Crippen LogP contribution in [0.15, 0.2) is 0 Å². The smallest absolute Gasteiger partial charge is 0.136 e. The third-order valence-electron chi connectivity index (χ3n) is 2.03. The molecular formula is C10H21NO. The lowest BCUT2D eigenvalue weighted by Gasteiger charge is -2.09. The van der Waals surface area contributed by atoms with Gasteiger partial charge in [0, 0.05) is 18.9 Å². The summed E-state index contributed by atoms with van der Waals surface area (Å²) in [5.74, 6) is 0.592. The second-order valence-corrected chi connectivity index (χ2v) is 3.28. The Kier molecular flexibility index (Phi) is 7.06. The van der Waals surface area contributed by atoms with Crippen molar-refractivity contribution in [1.29, 1.82) is 0 Å². The molecule has 0 aliphatic rings. The monoisotopic (exact) mass is 171 g/mol. The van der Waals surface area contributed by atoms with Crippen LogP contribution < -0.4 is 5.32 Å². The highest BCUT2D eigenvalue weighted by Gasteiger charge is 2.10. The van der Waals surface area contributed by atoms with E-state index >= 15 is 0 Å². The standard InChI is InChI=1S/C10H21NO/c1-4-6-7-10(12)9(3)8-11-5-2/h9,11H,4-8H2,1-3H3. The molecule has 1 N–H and O–H groups in total. The van der Waals surface area contributed by atoms with E-state index in [0.717, 1.165) is 32.4 Å². The van der Waals surface area contributed by atoms with E-state index in [1.54, 1.807) is 0 Å². The van der Waals surface area contributed by atoms with Crippen molar-refractivity contribution in [2.75, 3.05) is 13.1 Å². The van der Waals surface area contributed by atoms with Crippen molar-refractivity contribution in [3.05, 3.63) is 0 Å². The van der Waals surface area contributed by atoms with Crippen LogP contribution in [0.5, 0.6) is 0 Å². The van der Waals surface area contributed by atoms with Crippen molar-refractivity contribution in [1.82, 2.24) is 5.32 Å². The quantitative estimate of drug-likeness (QED) is 0.634. The van der Waals surface area contributed by atoms with Crippen molar-refractivity contribution >= 4 is 5.78 Å². The molecule has 0 rings (SSSR count). The minimum atomic E-state index is 0.191. The van der Waals surface area contributed by atoms with Crippen molar-refractivity contribution in [2.24, 2.45) is 5.92 Å². The maximum atomic E-state index is 11.4. The molecule has 0 heterocycles. The van der Waals surface area contributed by atoms with Crippen LogP contribution in [-0.2, 0) is 4.79 Å². The SMILES string of the molecule is CCCCC(=O)C(C)CNCC. The Bertz CT molecular complexity index is 123. The summed E-state index contributed by atoms with van der Waals surface area (Å²) < 4.78 is 0. The Morgan fingerprint density at radius 3 is 2.58 bits per heavy atom. The predicted molar refractivity (Wildman–Crippen MR) is 52.2 cm³/mol. The molecule has 2 nitrogen and oxygen atoms in total. The van der Waals surface area contributed by atoms with Gasteiger partial charge in [0.05, 0.1) is 0 Å².